The maximum Gasteiger partial charge on any atom is 0.164 e. The first-order valence-corrected chi connectivity index (χ1v) is 4.60. The summed E-state index contributed by atoms with van der Waals surface area (Å²) in [5.41, 5.74) is 2.33. The summed E-state index contributed by atoms with van der Waals surface area (Å²) in [5, 5.41) is 0. The summed E-state index contributed by atoms with van der Waals surface area (Å²) >= 11 is 0. The highest BCUT2D eigenvalue weighted by atomic mass is 16.5. The lowest BCUT2D eigenvalue weighted by molar-refractivity contribution is 0.351. The Morgan fingerprint density at radius 2 is 2.07 bits per heavy atom. The third-order valence-electron chi connectivity index (χ3n) is 2.41. The van der Waals surface area contributed by atoms with Crippen molar-refractivity contribution in [2.45, 2.75) is 6.42 Å². The SMILES string of the molecule is COc1ccc2c(c1OC)CCN=C2. The second-order valence-electron chi connectivity index (χ2n) is 3.15. The summed E-state index contributed by atoms with van der Waals surface area (Å²) < 4.78 is 10.6. The molecule has 1 aromatic rings. The summed E-state index contributed by atoms with van der Waals surface area (Å²) in [6.07, 6.45) is 2.81. The molecule has 74 valence electrons. The van der Waals surface area contributed by atoms with E-state index in [1.54, 1.807) is 14.2 Å². The number of hydrogen-bond acceptors (Lipinski definition) is 3. The van der Waals surface area contributed by atoms with Crippen molar-refractivity contribution in [1.82, 2.24) is 0 Å². The molecule has 3 nitrogen and oxygen atoms in total. The summed E-state index contributed by atoms with van der Waals surface area (Å²) in [7, 11) is 3.32. The number of aliphatic imine (C=N–C) groups is 1. The van der Waals surface area contributed by atoms with Gasteiger partial charge in [-0.3, -0.25) is 4.99 Å². The molecule has 2 rings (SSSR count). The second kappa shape index (κ2) is 3.70. The average molecular weight is 191 g/mol. The molecule has 3 heteroatoms. The molecule has 1 heterocycles. The molecule has 0 saturated heterocycles. The van der Waals surface area contributed by atoms with Crippen LogP contribution in [0, 0.1) is 0 Å². The highest BCUT2D eigenvalue weighted by Gasteiger charge is 2.15. The fourth-order valence-corrected chi connectivity index (χ4v) is 1.72. The number of fused-ring (bicyclic) bond motifs is 1. The van der Waals surface area contributed by atoms with Crippen molar-refractivity contribution in [2.24, 2.45) is 4.99 Å². The smallest absolute Gasteiger partial charge is 0.164 e. The van der Waals surface area contributed by atoms with Gasteiger partial charge in [-0.05, 0) is 24.1 Å². The Morgan fingerprint density at radius 3 is 2.79 bits per heavy atom. The predicted molar refractivity (Wildman–Crippen MR) is 55.7 cm³/mol. The molecule has 1 aliphatic rings. The fourth-order valence-electron chi connectivity index (χ4n) is 1.72. The third-order valence-corrected chi connectivity index (χ3v) is 2.41. The van der Waals surface area contributed by atoms with Gasteiger partial charge in [-0.1, -0.05) is 0 Å². The number of nitrogens with zero attached hydrogens (tertiary/aromatic N) is 1. The molecule has 0 aliphatic carbocycles. The van der Waals surface area contributed by atoms with Crippen LogP contribution in [0.5, 0.6) is 11.5 Å². The molecule has 0 spiro atoms. The lowest BCUT2D eigenvalue weighted by atomic mass is 10.0. The van der Waals surface area contributed by atoms with E-state index in [4.69, 9.17) is 9.47 Å². The van der Waals surface area contributed by atoms with Gasteiger partial charge in [-0.15, -0.1) is 0 Å². The second-order valence-corrected chi connectivity index (χ2v) is 3.15. The molecule has 0 N–H and O–H groups in total. The normalized spacial score (nSPS) is 13.6. The fraction of sp³-hybridized carbons (Fsp3) is 0.364. The largest absolute Gasteiger partial charge is 0.493 e. The van der Waals surface area contributed by atoms with Crippen LogP contribution in [0.4, 0.5) is 0 Å². The first kappa shape index (κ1) is 9.06. The maximum absolute atomic E-state index is 5.35. The van der Waals surface area contributed by atoms with Crippen molar-refractivity contribution in [3.63, 3.8) is 0 Å². The molecule has 0 atom stereocenters. The van der Waals surface area contributed by atoms with E-state index in [1.807, 2.05) is 18.3 Å². The zero-order valence-electron chi connectivity index (χ0n) is 8.41. The van der Waals surface area contributed by atoms with Gasteiger partial charge >= 0.3 is 0 Å². The van der Waals surface area contributed by atoms with E-state index in [1.165, 1.54) is 5.56 Å². The zero-order valence-corrected chi connectivity index (χ0v) is 8.41. The van der Waals surface area contributed by atoms with E-state index >= 15 is 0 Å². The van der Waals surface area contributed by atoms with Crippen LogP contribution >= 0.6 is 0 Å². The van der Waals surface area contributed by atoms with Crippen molar-refractivity contribution in [3.05, 3.63) is 23.3 Å². The molecule has 14 heavy (non-hydrogen) atoms. The topological polar surface area (TPSA) is 30.8 Å². The van der Waals surface area contributed by atoms with Crippen LogP contribution in [0.3, 0.4) is 0 Å². The van der Waals surface area contributed by atoms with Crippen LogP contribution in [0.25, 0.3) is 0 Å². The first-order valence-electron chi connectivity index (χ1n) is 4.60. The Bertz CT molecular complexity index is 372. The standard InChI is InChI=1S/C11H13NO2/c1-13-10-4-3-8-7-12-6-5-9(8)11(10)14-2/h3-4,7H,5-6H2,1-2H3. The van der Waals surface area contributed by atoms with E-state index in [0.717, 1.165) is 30.0 Å². The number of ether oxygens (including phenoxy) is 2. The highest BCUT2D eigenvalue weighted by Crippen LogP contribution is 2.34. The van der Waals surface area contributed by atoms with Crippen LogP contribution in [0.15, 0.2) is 17.1 Å². The Kier molecular flexibility index (Phi) is 2.39. The van der Waals surface area contributed by atoms with Crippen LogP contribution < -0.4 is 9.47 Å². The van der Waals surface area contributed by atoms with Crippen molar-refractivity contribution in [1.29, 1.82) is 0 Å². The molecule has 0 fully saturated rings. The molecule has 0 radical (unpaired) electrons. The molecular formula is C11H13NO2. The van der Waals surface area contributed by atoms with E-state index in [-0.39, 0.29) is 0 Å². The highest BCUT2D eigenvalue weighted by molar-refractivity contribution is 5.85. The number of benzene rings is 1. The van der Waals surface area contributed by atoms with Gasteiger partial charge in [-0.2, -0.15) is 0 Å². The van der Waals surface area contributed by atoms with E-state index in [0.29, 0.717) is 0 Å². The average Bonchev–Trinajstić information content (AvgIpc) is 2.27. The summed E-state index contributed by atoms with van der Waals surface area (Å²) in [4.78, 5) is 4.23. The Balaban J connectivity index is 2.56. The molecule has 0 saturated carbocycles. The quantitative estimate of drug-likeness (QED) is 0.712. The zero-order chi connectivity index (χ0) is 9.97. The number of methoxy groups -OCH3 is 2. The molecule has 0 bridgehead atoms. The van der Waals surface area contributed by atoms with Crippen molar-refractivity contribution in [3.8, 4) is 11.5 Å². The number of hydrogen-bond donors (Lipinski definition) is 0. The molecular weight excluding hydrogens is 178 g/mol. The number of rotatable bonds is 2. The van der Waals surface area contributed by atoms with Crippen LogP contribution in [-0.2, 0) is 6.42 Å². The summed E-state index contributed by atoms with van der Waals surface area (Å²) in [6.45, 7) is 0.830. The molecule has 0 unspecified atom stereocenters. The third kappa shape index (κ3) is 1.35. The predicted octanol–water partition coefficient (Wildman–Crippen LogP) is 1.68. The van der Waals surface area contributed by atoms with Crippen LogP contribution in [0.1, 0.15) is 11.1 Å². The molecule has 1 aliphatic heterocycles. The Morgan fingerprint density at radius 1 is 1.21 bits per heavy atom. The molecule has 0 amide bonds. The van der Waals surface area contributed by atoms with E-state index < -0.39 is 0 Å². The lowest BCUT2D eigenvalue weighted by Gasteiger charge is -2.16. The summed E-state index contributed by atoms with van der Waals surface area (Å²) in [5.74, 6) is 1.64. The minimum atomic E-state index is 0.793. The van der Waals surface area contributed by atoms with Gasteiger partial charge in [0, 0.05) is 18.3 Å². The minimum Gasteiger partial charge on any atom is -0.493 e. The van der Waals surface area contributed by atoms with Crippen LogP contribution in [0.2, 0.25) is 0 Å². The first-order chi connectivity index (χ1) is 6.86. The Labute approximate surface area is 83.4 Å². The van der Waals surface area contributed by atoms with Crippen molar-refractivity contribution < 1.29 is 9.47 Å². The van der Waals surface area contributed by atoms with Gasteiger partial charge in [0.15, 0.2) is 11.5 Å². The van der Waals surface area contributed by atoms with E-state index in [2.05, 4.69) is 4.99 Å². The van der Waals surface area contributed by atoms with Gasteiger partial charge in [0.1, 0.15) is 0 Å². The van der Waals surface area contributed by atoms with Crippen LogP contribution in [-0.4, -0.2) is 27.0 Å². The van der Waals surface area contributed by atoms with Gasteiger partial charge < -0.3 is 9.47 Å². The Hall–Kier alpha value is -1.51. The molecule has 0 aromatic heterocycles. The van der Waals surface area contributed by atoms with Gasteiger partial charge in [0.25, 0.3) is 0 Å². The molecule has 1 aromatic carbocycles. The van der Waals surface area contributed by atoms with E-state index in [9.17, 15) is 0 Å². The lowest BCUT2D eigenvalue weighted by Crippen LogP contribution is -2.06. The van der Waals surface area contributed by atoms with Crippen molar-refractivity contribution in [2.75, 3.05) is 20.8 Å². The van der Waals surface area contributed by atoms with Gasteiger partial charge in [-0.25, -0.2) is 0 Å². The minimum absolute atomic E-state index is 0.793. The van der Waals surface area contributed by atoms with Gasteiger partial charge in [0.2, 0.25) is 0 Å². The maximum atomic E-state index is 5.35. The summed E-state index contributed by atoms with van der Waals surface area (Å²) in [6, 6.07) is 3.92. The van der Waals surface area contributed by atoms with Gasteiger partial charge in [0.05, 0.1) is 14.2 Å². The van der Waals surface area contributed by atoms with Crippen molar-refractivity contribution >= 4 is 6.21 Å². The monoisotopic (exact) mass is 191 g/mol.